The molecule has 1 rings (SSSR count). The third-order valence-electron chi connectivity index (χ3n) is 2.05. The van der Waals surface area contributed by atoms with Gasteiger partial charge >= 0.3 is 0 Å². The standard InChI is InChI=1S/C11H15ClN2OS/c1-8(7-16-2)5-14-11(15)9-3-4-10(12)13-6-9/h3-4,6,8H,5,7H2,1-2H3,(H,14,15). The van der Waals surface area contributed by atoms with Crippen molar-refractivity contribution in [1.29, 1.82) is 0 Å². The molecule has 0 saturated heterocycles. The lowest BCUT2D eigenvalue weighted by Crippen LogP contribution is -2.29. The fourth-order valence-corrected chi connectivity index (χ4v) is 2.02. The second kappa shape index (κ2) is 6.76. The van der Waals surface area contributed by atoms with Gasteiger partial charge in [-0.05, 0) is 30.1 Å². The van der Waals surface area contributed by atoms with Crippen molar-refractivity contribution in [3.05, 3.63) is 29.0 Å². The van der Waals surface area contributed by atoms with Crippen LogP contribution in [-0.4, -0.2) is 29.4 Å². The first-order valence-electron chi connectivity index (χ1n) is 5.02. The van der Waals surface area contributed by atoms with Crippen LogP contribution in [0.3, 0.4) is 0 Å². The molecule has 0 aromatic carbocycles. The minimum absolute atomic E-state index is 0.0999. The van der Waals surface area contributed by atoms with Gasteiger partial charge in [-0.2, -0.15) is 11.8 Å². The summed E-state index contributed by atoms with van der Waals surface area (Å²) in [6.45, 7) is 2.79. The molecule has 0 saturated carbocycles. The van der Waals surface area contributed by atoms with E-state index in [1.165, 1.54) is 6.20 Å². The Labute approximate surface area is 105 Å². The molecule has 0 radical (unpaired) electrons. The smallest absolute Gasteiger partial charge is 0.252 e. The topological polar surface area (TPSA) is 42.0 Å². The molecule has 0 aliphatic carbocycles. The van der Waals surface area contributed by atoms with E-state index in [9.17, 15) is 4.79 Å². The third kappa shape index (κ3) is 4.41. The summed E-state index contributed by atoms with van der Waals surface area (Å²) in [5.41, 5.74) is 0.542. The van der Waals surface area contributed by atoms with E-state index in [0.717, 1.165) is 5.75 Å². The van der Waals surface area contributed by atoms with E-state index in [4.69, 9.17) is 11.6 Å². The molecular weight excluding hydrogens is 244 g/mol. The van der Waals surface area contributed by atoms with Crippen LogP contribution < -0.4 is 5.32 Å². The van der Waals surface area contributed by atoms with Gasteiger partial charge in [-0.15, -0.1) is 0 Å². The quantitative estimate of drug-likeness (QED) is 0.825. The molecule has 1 N–H and O–H groups in total. The first-order valence-corrected chi connectivity index (χ1v) is 6.79. The summed E-state index contributed by atoms with van der Waals surface area (Å²) in [6.07, 6.45) is 3.54. The number of thioether (sulfide) groups is 1. The minimum Gasteiger partial charge on any atom is -0.352 e. The molecule has 1 aromatic heterocycles. The largest absolute Gasteiger partial charge is 0.352 e. The molecule has 1 amide bonds. The first kappa shape index (κ1) is 13.3. The van der Waals surface area contributed by atoms with Crippen LogP contribution in [0.4, 0.5) is 0 Å². The van der Waals surface area contributed by atoms with E-state index in [0.29, 0.717) is 23.2 Å². The second-order valence-electron chi connectivity index (χ2n) is 3.64. The monoisotopic (exact) mass is 258 g/mol. The average Bonchev–Trinajstić information content (AvgIpc) is 2.27. The zero-order chi connectivity index (χ0) is 12.0. The second-order valence-corrected chi connectivity index (χ2v) is 4.94. The SMILES string of the molecule is CSCC(C)CNC(=O)c1ccc(Cl)nc1. The molecule has 0 bridgehead atoms. The van der Waals surface area contributed by atoms with Crippen molar-refractivity contribution in [1.82, 2.24) is 10.3 Å². The highest BCUT2D eigenvalue weighted by molar-refractivity contribution is 7.98. The maximum absolute atomic E-state index is 11.7. The Kier molecular flexibility index (Phi) is 5.63. The predicted octanol–water partition coefficient (Wildman–Crippen LogP) is 2.46. The molecule has 88 valence electrons. The highest BCUT2D eigenvalue weighted by Gasteiger charge is 2.07. The van der Waals surface area contributed by atoms with Crippen molar-refractivity contribution in [3.8, 4) is 0 Å². The Morgan fingerprint density at radius 1 is 1.62 bits per heavy atom. The van der Waals surface area contributed by atoms with Gasteiger partial charge in [0.2, 0.25) is 0 Å². The molecule has 0 aliphatic heterocycles. The molecule has 3 nitrogen and oxygen atoms in total. The van der Waals surface area contributed by atoms with Crippen LogP contribution in [0, 0.1) is 5.92 Å². The van der Waals surface area contributed by atoms with Crippen molar-refractivity contribution in [2.24, 2.45) is 5.92 Å². The van der Waals surface area contributed by atoms with E-state index < -0.39 is 0 Å². The van der Waals surface area contributed by atoms with Gasteiger partial charge in [0.15, 0.2) is 0 Å². The summed E-state index contributed by atoms with van der Waals surface area (Å²) in [6, 6.07) is 3.28. The Balaban J connectivity index is 2.43. The summed E-state index contributed by atoms with van der Waals surface area (Å²) >= 11 is 7.42. The van der Waals surface area contributed by atoms with Crippen molar-refractivity contribution in [2.75, 3.05) is 18.6 Å². The van der Waals surface area contributed by atoms with Crippen LogP contribution in [0.5, 0.6) is 0 Å². The number of aromatic nitrogens is 1. The first-order chi connectivity index (χ1) is 7.63. The number of rotatable bonds is 5. The molecule has 0 aliphatic rings. The van der Waals surface area contributed by atoms with E-state index in [1.54, 1.807) is 23.9 Å². The summed E-state index contributed by atoms with van der Waals surface area (Å²) in [4.78, 5) is 15.5. The zero-order valence-corrected chi connectivity index (χ0v) is 10.9. The molecule has 16 heavy (non-hydrogen) atoms. The van der Waals surface area contributed by atoms with Crippen LogP contribution >= 0.6 is 23.4 Å². The van der Waals surface area contributed by atoms with Gasteiger partial charge in [-0.25, -0.2) is 4.98 Å². The number of halogens is 1. The van der Waals surface area contributed by atoms with Crippen molar-refractivity contribution in [3.63, 3.8) is 0 Å². The highest BCUT2D eigenvalue weighted by Crippen LogP contribution is 2.06. The lowest BCUT2D eigenvalue weighted by atomic mass is 10.2. The lowest BCUT2D eigenvalue weighted by Gasteiger charge is -2.10. The maximum atomic E-state index is 11.7. The zero-order valence-electron chi connectivity index (χ0n) is 9.37. The number of hydrogen-bond donors (Lipinski definition) is 1. The van der Waals surface area contributed by atoms with Crippen LogP contribution in [0.15, 0.2) is 18.3 Å². The molecular formula is C11H15ClN2OS. The molecule has 1 heterocycles. The van der Waals surface area contributed by atoms with E-state index >= 15 is 0 Å². The number of carbonyl (C=O) groups excluding carboxylic acids is 1. The van der Waals surface area contributed by atoms with E-state index in [1.807, 2.05) is 0 Å². The van der Waals surface area contributed by atoms with Crippen molar-refractivity contribution in [2.45, 2.75) is 6.92 Å². The number of pyridine rings is 1. The minimum atomic E-state index is -0.0999. The van der Waals surface area contributed by atoms with Crippen LogP contribution in [-0.2, 0) is 0 Å². The third-order valence-corrected chi connectivity index (χ3v) is 3.18. The van der Waals surface area contributed by atoms with Crippen LogP contribution in [0.25, 0.3) is 0 Å². The lowest BCUT2D eigenvalue weighted by molar-refractivity contribution is 0.0949. The summed E-state index contributed by atoms with van der Waals surface area (Å²) < 4.78 is 0. The fraction of sp³-hybridized carbons (Fsp3) is 0.455. The summed E-state index contributed by atoms with van der Waals surface area (Å²) in [5, 5.41) is 3.26. The number of nitrogens with one attached hydrogen (secondary N) is 1. The Morgan fingerprint density at radius 2 is 2.38 bits per heavy atom. The number of amides is 1. The normalized spacial score (nSPS) is 12.2. The van der Waals surface area contributed by atoms with Gasteiger partial charge in [0.05, 0.1) is 5.56 Å². The number of hydrogen-bond acceptors (Lipinski definition) is 3. The maximum Gasteiger partial charge on any atom is 0.252 e. The molecule has 0 spiro atoms. The molecule has 5 heteroatoms. The summed E-state index contributed by atoms with van der Waals surface area (Å²) in [7, 11) is 0. The van der Waals surface area contributed by atoms with Gasteiger partial charge in [0, 0.05) is 12.7 Å². The van der Waals surface area contributed by atoms with Crippen LogP contribution in [0.1, 0.15) is 17.3 Å². The predicted molar refractivity (Wildman–Crippen MR) is 69.1 cm³/mol. The van der Waals surface area contributed by atoms with Gasteiger partial charge in [0.25, 0.3) is 5.91 Å². The molecule has 1 unspecified atom stereocenters. The Morgan fingerprint density at radius 3 is 2.94 bits per heavy atom. The van der Waals surface area contributed by atoms with E-state index in [2.05, 4.69) is 23.5 Å². The number of nitrogens with zero attached hydrogens (tertiary/aromatic N) is 1. The van der Waals surface area contributed by atoms with Gasteiger partial charge in [0.1, 0.15) is 5.15 Å². The van der Waals surface area contributed by atoms with E-state index in [-0.39, 0.29) is 5.91 Å². The fourth-order valence-electron chi connectivity index (χ4n) is 1.22. The molecule has 1 aromatic rings. The van der Waals surface area contributed by atoms with Gasteiger partial charge < -0.3 is 5.32 Å². The van der Waals surface area contributed by atoms with Crippen molar-refractivity contribution >= 4 is 29.3 Å². The van der Waals surface area contributed by atoms with Crippen LogP contribution in [0.2, 0.25) is 5.15 Å². The van der Waals surface area contributed by atoms with Crippen molar-refractivity contribution < 1.29 is 4.79 Å². The average molecular weight is 259 g/mol. The highest BCUT2D eigenvalue weighted by atomic mass is 35.5. The Bertz CT molecular complexity index is 342. The van der Waals surface area contributed by atoms with Gasteiger partial charge in [-0.3, -0.25) is 4.79 Å². The Hall–Kier alpha value is -0.740. The number of carbonyl (C=O) groups is 1. The summed E-state index contributed by atoms with van der Waals surface area (Å²) in [5.74, 6) is 1.41. The molecule has 1 atom stereocenters. The molecule has 0 fully saturated rings. The van der Waals surface area contributed by atoms with Gasteiger partial charge in [-0.1, -0.05) is 18.5 Å².